The number of aromatic nitrogens is 1. The highest BCUT2D eigenvalue weighted by Gasteiger charge is 2.33. The molecule has 0 saturated heterocycles. The van der Waals surface area contributed by atoms with E-state index in [1.165, 1.54) is 47.8 Å². The highest BCUT2D eigenvalue weighted by molar-refractivity contribution is 7.98. The Bertz CT molecular complexity index is 2570. The number of carbonyl (C=O) groups is 8. The van der Waals surface area contributed by atoms with Crippen molar-refractivity contribution in [3.8, 4) is 5.75 Å². The molecule has 0 aliphatic rings. The Kier molecular flexibility index (Phi) is 22.0. The Morgan fingerprint density at radius 1 is 0.657 bits per heavy atom. The Morgan fingerprint density at radius 2 is 1.20 bits per heavy atom. The average molecular weight is 1030 g/mol. The third-order valence-corrected chi connectivity index (χ3v) is 12.2. The molecule has 1 unspecified atom stereocenters. The van der Waals surface area contributed by atoms with Crippen LogP contribution in [0.4, 0.5) is 0 Å². The maximum Gasteiger partial charge on any atom is 0.446 e. The fraction of sp³-hybridized carbons (Fsp3) is 0.378. The number of para-hydroxylation sites is 1. The van der Waals surface area contributed by atoms with Gasteiger partial charge in [-0.05, 0) is 78.2 Å². The van der Waals surface area contributed by atoms with Crippen molar-refractivity contribution in [3.63, 3.8) is 0 Å². The van der Waals surface area contributed by atoms with E-state index in [4.69, 9.17) is 16.0 Å². The molecular weight excluding hydrogens is 971 g/mol. The van der Waals surface area contributed by atoms with Crippen LogP contribution >= 0.6 is 23.5 Å². The van der Waals surface area contributed by atoms with Crippen molar-refractivity contribution < 1.29 is 60.6 Å². The number of carbonyl (C=O) groups excluding carboxylic acids is 7. The van der Waals surface area contributed by atoms with Crippen LogP contribution in [0.3, 0.4) is 0 Å². The first-order valence-electron chi connectivity index (χ1n) is 21.6. The predicted octanol–water partition coefficient (Wildman–Crippen LogP) is -0.289. The smallest absolute Gasteiger partial charge is 0.446 e. The lowest BCUT2D eigenvalue weighted by Gasteiger charge is -2.26. The number of nitrogens with one attached hydrogen (secondary N) is 7. The van der Waals surface area contributed by atoms with Crippen molar-refractivity contribution in [2.75, 3.05) is 30.6 Å². The Morgan fingerprint density at radius 3 is 1.81 bits per heavy atom. The minimum absolute atomic E-state index is 0.00693. The first-order valence-corrected chi connectivity index (χ1v) is 25.8. The minimum atomic E-state index is -4.74. The van der Waals surface area contributed by atoms with Crippen molar-refractivity contribution in [1.82, 2.24) is 36.9 Å². The standard InChI is InChI=1S/C45H57N9O13S3/c1-68-18-16-33(51-41(59)31(46)20-27-12-14-29(15-13-27)67-70(64,65)66)42(60)49-25-38(55)50-36(22-28-24-48-32-11-7-6-10-30(28)32)44(62)52-34(17-19-69-2)43(61)54-37(23-39(56)57)45(63)53-35(40(47)58)21-26-8-4-3-5-9-26/h3-15,24,31,33-37,48H,16-23,25,46H2,1-2H3,(H2,47,58)(H,49,60)(H,50,55)(H,51,59)(H,52,62)(H,53,63)(H,54,61)(H,56,57)(H,64,65,66)/t31-,33-,34?,35-,36-,37-/m0/s1. The molecule has 0 saturated carbocycles. The van der Waals surface area contributed by atoms with Crippen LogP contribution in [0.15, 0.2) is 85.1 Å². The SMILES string of the molecule is CSCCC(NC(=O)[C@H](Cc1c[nH]c2ccccc12)NC(=O)CNC(=O)[C@H](CCSC)NC(=O)[C@@H](N)Cc1ccc(OS(=O)(=O)O)cc1)C(=O)N[C@@H](CC(=O)O)C(=O)N[C@@H](Cc1ccccc1)C(N)=O. The lowest BCUT2D eigenvalue weighted by molar-refractivity contribution is -0.141. The molecule has 13 N–H and O–H groups in total. The number of carboxylic acids is 1. The van der Waals surface area contributed by atoms with Crippen LogP contribution in [0.2, 0.25) is 0 Å². The molecule has 70 heavy (non-hydrogen) atoms. The van der Waals surface area contributed by atoms with Crippen molar-refractivity contribution in [2.45, 2.75) is 74.8 Å². The van der Waals surface area contributed by atoms with Crippen molar-refractivity contribution >= 4 is 92.1 Å². The Balaban J connectivity index is 1.48. The first-order chi connectivity index (χ1) is 33.3. The number of aromatic amines is 1. The molecule has 3 aromatic carbocycles. The third kappa shape index (κ3) is 18.7. The number of nitrogens with two attached hydrogens (primary N) is 2. The maximum atomic E-state index is 14.2. The summed E-state index contributed by atoms with van der Waals surface area (Å²) in [5, 5.41) is 25.6. The average Bonchev–Trinajstić information content (AvgIpc) is 3.72. The van der Waals surface area contributed by atoms with Crippen molar-refractivity contribution in [1.29, 1.82) is 0 Å². The fourth-order valence-corrected chi connectivity index (χ4v) is 8.27. The van der Waals surface area contributed by atoms with Gasteiger partial charge in [-0.25, -0.2) is 0 Å². The van der Waals surface area contributed by atoms with Gasteiger partial charge in [0.1, 0.15) is 36.0 Å². The summed E-state index contributed by atoms with van der Waals surface area (Å²) in [6.07, 6.45) is 4.33. The van der Waals surface area contributed by atoms with E-state index in [2.05, 4.69) is 41.1 Å². The number of H-pyrrole nitrogens is 1. The molecular formula is C45H57N9O13S3. The monoisotopic (exact) mass is 1030 g/mol. The van der Waals surface area contributed by atoms with Gasteiger partial charge >= 0.3 is 16.4 Å². The van der Waals surface area contributed by atoms with Crippen LogP contribution in [0, 0.1) is 0 Å². The third-order valence-electron chi connectivity index (χ3n) is 10.5. The summed E-state index contributed by atoms with van der Waals surface area (Å²) >= 11 is 2.73. The van der Waals surface area contributed by atoms with E-state index >= 15 is 0 Å². The summed E-state index contributed by atoms with van der Waals surface area (Å²) in [6.45, 7) is -0.648. The largest absolute Gasteiger partial charge is 0.481 e. The fourth-order valence-electron chi connectivity index (χ4n) is 6.98. The Labute approximate surface area is 412 Å². The lowest BCUT2D eigenvalue weighted by atomic mass is 10.0. The summed E-state index contributed by atoms with van der Waals surface area (Å²) in [7, 11) is -4.74. The van der Waals surface area contributed by atoms with Gasteiger partial charge in [-0.2, -0.15) is 31.9 Å². The molecule has 378 valence electrons. The second kappa shape index (κ2) is 27.5. The molecule has 25 heteroatoms. The van der Waals surface area contributed by atoms with Gasteiger partial charge in [0.25, 0.3) is 0 Å². The number of rotatable bonds is 29. The summed E-state index contributed by atoms with van der Waals surface area (Å²) in [4.78, 5) is 109. The van der Waals surface area contributed by atoms with E-state index < -0.39 is 107 Å². The summed E-state index contributed by atoms with van der Waals surface area (Å²) < 4.78 is 35.3. The van der Waals surface area contributed by atoms with Gasteiger partial charge in [0.15, 0.2) is 0 Å². The molecule has 0 fully saturated rings. The van der Waals surface area contributed by atoms with Crippen LogP contribution in [0.25, 0.3) is 10.9 Å². The molecule has 0 aliphatic carbocycles. The van der Waals surface area contributed by atoms with E-state index in [1.807, 2.05) is 6.07 Å². The zero-order chi connectivity index (χ0) is 51.4. The number of thioether (sulfide) groups is 2. The molecule has 22 nitrogen and oxygen atoms in total. The van der Waals surface area contributed by atoms with E-state index in [0.717, 1.165) is 10.9 Å². The second-order valence-corrected chi connectivity index (χ2v) is 18.9. The van der Waals surface area contributed by atoms with Crippen molar-refractivity contribution in [3.05, 3.63) is 102 Å². The zero-order valence-corrected chi connectivity index (χ0v) is 40.6. The van der Waals surface area contributed by atoms with Crippen LogP contribution in [-0.4, -0.2) is 137 Å². The lowest BCUT2D eigenvalue weighted by Crippen LogP contribution is -2.59. The van der Waals surface area contributed by atoms with Gasteiger partial charge in [-0.1, -0.05) is 60.7 Å². The van der Waals surface area contributed by atoms with E-state index in [0.29, 0.717) is 28.2 Å². The zero-order valence-electron chi connectivity index (χ0n) is 38.2. The Hall–Kier alpha value is -6.67. The summed E-state index contributed by atoms with van der Waals surface area (Å²) in [5.74, 6) is -6.78. The van der Waals surface area contributed by atoms with Crippen LogP contribution in [-0.2, 0) is 68.0 Å². The number of benzene rings is 3. The van der Waals surface area contributed by atoms with E-state index in [1.54, 1.807) is 67.2 Å². The van der Waals surface area contributed by atoms with Crippen LogP contribution in [0.1, 0.15) is 36.0 Å². The van der Waals surface area contributed by atoms with Crippen molar-refractivity contribution in [2.24, 2.45) is 11.5 Å². The van der Waals surface area contributed by atoms with E-state index in [9.17, 15) is 51.9 Å². The minimum Gasteiger partial charge on any atom is -0.481 e. The maximum absolute atomic E-state index is 14.2. The molecule has 4 aromatic rings. The van der Waals surface area contributed by atoms with Gasteiger partial charge < -0.3 is 57.6 Å². The van der Waals surface area contributed by atoms with E-state index in [-0.39, 0.29) is 37.9 Å². The molecule has 0 spiro atoms. The van der Waals surface area contributed by atoms with Gasteiger partial charge in [0, 0.05) is 29.9 Å². The number of carboxylic acid groups (broad SMARTS) is 1. The molecule has 0 aliphatic heterocycles. The number of hydrogen-bond donors (Lipinski definition) is 11. The summed E-state index contributed by atoms with van der Waals surface area (Å²) in [5.41, 5.74) is 14.2. The molecule has 0 bridgehead atoms. The molecule has 4 rings (SSSR count). The summed E-state index contributed by atoms with van der Waals surface area (Å²) in [6, 6.07) is 13.2. The topological polar surface area (TPSA) is 360 Å². The van der Waals surface area contributed by atoms with Gasteiger partial charge in [-0.15, -0.1) is 0 Å². The predicted molar refractivity (Wildman–Crippen MR) is 263 cm³/mol. The molecule has 7 amide bonds. The number of primary amides is 1. The van der Waals surface area contributed by atoms with Crippen LogP contribution < -0.4 is 47.6 Å². The molecule has 1 heterocycles. The molecule has 0 radical (unpaired) electrons. The quantitative estimate of drug-likeness (QED) is 0.0311. The molecule has 6 atom stereocenters. The number of amides is 7. The highest BCUT2D eigenvalue weighted by atomic mass is 32.3. The number of aliphatic carboxylic acids is 1. The normalized spacial score (nSPS) is 13.8. The van der Waals surface area contributed by atoms with Gasteiger partial charge in [0.05, 0.1) is 19.0 Å². The van der Waals surface area contributed by atoms with Gasteiger partial charge in [0.2, 0.25) is 41.4 Å². The van der Waals surface area contributed by atoms with Crippen LogP contribution in [0.5, 0.6) is 5.75 Å². The van der Waals surface area contributed by atoms with Gasteiger partial charge in [-0.3, -0.25) is 42.9 Å². The molecule has 1 aromatic heterocycles. The highest BCUT2D eigenvalue weighted by Crippen LogP contribution is 2.20. The first kappa shape index (κ1) is 55.9. The number of fused-ring (bicyclic) bond motifs is 1. The second-order valence-electron chi connectivity index (χ2n) is 15.9. The number of hydrogen-bond acceptors (Lipinski definition) is 14.